The van der Waals surface area contributed by atoms with Crippen molar-refractivity contribution in [2.75, 3.05) is 19.6 Å². The highest BCUT2D eigenvalue weighted by Crippen LogP contribution is 2.34. The summed E-state index contributed by atoms with van der Waals surface area (Å²) in [6, 6.07) is 0.646. The van der Waals surface area contributed by atoms with Gasteiger partial charge in [0.1, 0.15) is 5.82 Å². The maximum absolute atomic E-state index is 13.2. The predicted octanol–water partition coefficient (Wildman–Crippen LogP) is 1.87. The van der Waals surface area contributed by atoms with Crippen molar-refractivity contribution in [3.05, 3.63) is 29.6 Å². The first kappa shape index (κ1) is 21.0. The fraction of sp³-hybridized carbons (Fsp3) is 0.588. The minimum atomic E-state index is -5.00. The third kappa shape index (κ3) is 4.64. The second-order valence-corrected chi connectivity index (χ2v) is 8.69. The van der Waals surface area contributed by atoms with Gasteiger partial charge in [-0.3, -0.25) is 4.79 Å². The van der Waals surface area contributed by atoms with Crippen molar-refractivity contribution < 1.29 is 30.8 Å². The fourth-order valence-electron chi connectivity index (χ4n) is 3.57. The number of benzene rings is 1. The molecule has 1 aromatic rings. The van der Waals surface area contributed by atoms with E-state index in [4.69, 9.17) is 0 Å². The number of rotatable bonds is 4. The number of hydrogen-bond acceptors (Lipinski definition) is 4. The number of sulfonamides is 1. The number of piperidine rings is 1. The van der Waals surface area contributed by atoms with Crippen molar-refractivity contribution in [3.63, 3.8) is 0 Å². The van der Waals surface area contributed by atoms with Crippen LogP contribution in [0, 0.1) is 5.82 Å². The Morgan fingerprint density at radius 1 is 1.18 bits per heavy atom. The average molecular weight is 423 g/mol. The van der Waals surface area contributed by atoms with Gasteiger partial charge in [0.15, 0.2) is 0 Å². The summed E-state index contributed by atoms with van der Waals surface area (Å²) in [6.45, 7) is 1.42. The number of halogens is 4. The molecule has 0 spiro atoms. The van der Waals surface area contributed by atoms with Crippen LogP contribution in [-0.4, -0.2) is 50.9 Å². The third-order valence-electron chi connectivity index (χ3n) is 5.02. The van der Waals surface area contributed by atoms with Crippen molar-refractivity contribution in [2.45, 2.75) is 48.8 Å². The van der Waals surface area contributed by atoms with Crippen LogP contribution >= 0.6 is 0 Å². The summed E-state index contributed by atoms with van der Waals surface area (Å²) < 4.78 is 79.8. The molecule has 28 heavy (non-hydrogen) atoms. The summed E-state index contributed by atoms with van der Waals surface area (Å²) in [7, 11) is -4.50. The van der Waals surface area contributed by atoms with E-state index in [1.807, 2.05) is 0 Å². The zero-order chi connectivity index (χ0) is 20.5. The molecule has 2 aliphatic heterocycles. The predicted molar refractivity (Wildman–Crippen MR) is 92.4 cm³/mol. The van der Waals surface area contributed by atoms with Gasteiger partial charge in [-0.25, -0.2) is 17.5 Å². The molecule has 0 unspecified atom stereocenters. The number of amides is 1. The Balaban J connectivity index is 1.67. The maximum atomic E-state index is 13.2. The number of carbonyl (C=O) groups is 1. The van der Waals surface area contributed by atoms with E-state index in [-0.39, 0.29) is 18.0 Å². The van der Waals surface area contributed by atoms with E-state index in [9.17, 15) is 30.8 Å². The second-order valence-electron chi connectivity index (χ2n) is 7.01. The summed E-state index contributed by atoms with van der Waals surface area (Å²) >= 11 is 0. The van der Waals surface area contributed by atoms with Gasteiger partial charge < -0.3 is 10.2 Å². The van der Waals surface area contributed by atoms with E-state index in [0.717, 1.165) is 19.4 Å². The molecule has 1 amide bonds. The van der Waals surface area contributed by atoms with Gasteiger partial charge in [-0.2, -0.15) is 13.2 Å². The van der Waals surface area contributed by atoms with Crippen LogP contribution in [-0.2, 0) is 21.0 Å². The fourth-order valence-corrected chi connectivity index (χ4v) is 5.09. The highest BCUT2D eigenvalue weighted by molar-refractivity contribution is 7.89. The van der Waals surface area contributed by atoms with E-state index in [0.29, 0.717) is 38.1 Å². The quantitative estimate of drug-likeness (QED) is 0.725. The van der Waals surface area contributed by atoms with Crippen LogP contribution in [0.2, 0.25) is 0 Å². The minimum Gasteiger partial charge on any atom is -0.341 e. The van der Waals surface area contributed by atoms with E-state index >= 15 is 0 Å². The summed E-state index contributed by atoms with van der Waals surface area (Å²) in [5.41, 5.74) is -1.54. The van der Waals surface area contributed by atoms with Crippen molar-refractivity contribution in [2.24, 2.45) is 0 Å². The van der Waals surface area contributed by atoms with Crippen molar-refractivity contribution in [3.8, 4) is 0 Å². The lowest BCUT2D eigenvalue weighted by atomic mass is 10.0. The molecule has 156 valence electrons. The Hall–Kier alpha value is -1.72. The molecule has 6 nitrogen and oxygen atoms in total. The molecule has 2 fully saturated rings. The molecular weight excluding hydrogens is 402 g/mol. The van der Waals surface area contributed by atoms with Crippen LogP contribution in [0.3, 0.4) is 0 Å². The average Bonchev–Trinajstić information content (AvgIpc) is 3.15. The zero-order valence-electron chi connectivity index (χ0n) is 14.9. The number of likely N-dealkylation sites (tertiary alicyclic amines) is 1. The SMILES string of the molecule is O=C([C@H]1CCCN1)N1CCC(NS(=O)(=O)c2ccc(F)cc2C(F)(F)F)CC1. The van der Waals surface area contributed by atoms with Gasteiger partial charge in [0.2, 0.25) is 15.9 Å². The molecule has 2 aliphatic rings. The van der Waals surface area contributed by atoms with Gasteiger partial charge >= 0.3 is 6.18 Å². The molecular formula is C17H21F4N3O3S. The first-order valence-corrected chi connectivity index (χ1v) is 10.5. The Labute approximate surface area is 160 Å². The molecule has 2 saturated heterocycles. The number of alkyl halides is 3. The number of nitrogens with zero attached hydrogens (tertiary/aromatic N) is 1. The van der Waals surface area contributed by atoms with E-state index in [1.165, 1.54) is 0 Å². The lowest BCUT2D eigenvalue weighted by Crippen LogP contribution is -2.50. The van der Waals surface area contributed by atoms with Crippen LogP contribution in [0.5, 0.6) is 0 Å². The third-order valence-corrected chi connectivity index (χ3v) is 6.60. The monoisotopic (exact) mass is 423 g/mol. The summed E-state index contributed by atoms with van der Waals surface area (Å²) in [5.74, 6) is -1.20. The molecule has 0 radical (unpaired) electrons. The lowest BCUT2D eigenvalue weighted by molar-refractivity contribution is -0.140. The molecule has 2 N–H and O–H groups in total. The Morgan fingerprint density at radius 2 is 1.86 bits per heavy atom. The highest BCUT2D eigenvalue weighted by atomic mass is 32.2. The largest absolute Gasteiger partial charge is 0.417 e. The van der Waals surface area contributed by atoms with Crippen LogP contribution in [0.15, 0.2) is 23.1 Å². The van der Waals surface area contributed by atoms with Crippen molar-refractivity contribution in [1.29, 1.82) is 0 Å². The van der Waals surface area contributed by atoms with E-state index < -0.39 is 38.5 Å². The Bertz CT molecular complexity index is 831. The Morgan fingerprint density at radius 3 is 2.43 bits per heavy atom. The van der Waals surface area contributed by atoms with Crippen molar-refractivity contribution >= 4 is 15.9 Å². The van der Waals surface area contributed by atoms with Crippen LogP contribution in [0.25, 0.3) is 0 Å². The van der Waals surface area contributed by atoms with E-state index in [2.05, 4.69) is 10.0 Å². The maximum Gasteiger partial charge on any atom is 0.417 e. The topological polar surface area (TPSA) is 78.5 Å². The standard InChI is InChI=1S/C17H21F4N3O3S/c18-11-3-4-15(13(10-11)17(19,20)21)28(26,27)23-12-5-8-24(9-6-12)16(25)14-2-1-7-22-14/h3-4,10,12,14,22-23H,1-2,5-9H2/t14-/m1/s1. The Kier molecular flexibility index (Phi) is 5.97. The normalized spacial score (nSPS) is 21.9. The van der Waals surface area contributed by atoms with Gasteiger partial charge in [-0.05, 0) is 50.4 Å². The van der Waals surface area contributed by atoms with Gasteiger partial charge in [0.05, 0.1) is 16.5 Å². The molecule has 11 heteroatoms. The lowest BCUT2D eigenvalue weighted by Gasteiger charge is -2.33. The van der Waals surface area contributed by atoms with Crippen LogP contribution in [0.1, 0.15) is 31.2 Å². The van der Waals surface area contributed by atoms with Crippen molar-refractivity contribution in [1.82, 2.24) is 14.9 Å². The summed E-state index contributed by atoms with van der Waals surface area (Å²) in [4.78, 5) is 13.0. The van der Waals surface area contributed by atoms with Crippen LogP contribution < -0.4 is 10.0 Å². The van der Waals surface area contributed by atoms with Gasteiger partial charge in [-0.15, -0.1) is 0 Å². The molecule has 0 aromatic heterocycles. The number of carbonyl (C=O) groups excluding carboxylic acids is 1. The number of nitrogens with one attached hydrogen (secondary N) is 2. The molecule has 0 bridgehead atoms. The molecule has 1 atom stereocenters. The molecule has 0 saturated carbocycles. The first-order valence-electron chi connectivity index (χ1n) is 8.99. The molecule has 2 heterocycles. The van der Waals surface area contributed by atoms with Gasteiger partial charge in [0, 0.05) is 19.1 Å². The minimum absolute atomic E-state index is 0.0308. The number of hydrogen-bond donors (Lipinski definition) is 2. The first-order chi connectivity index (χ1) is 13.1. The van der Waals surface area contributed by atoms with Gasteiger partial charge in [0.25, 0.3) is 0 Å². The van der Waals surface area contributed by atoms with Crippen LogP contribution in [0.4, 0.5) is 17.6 Å². The second kappa shape index (κ2) is 7.96. The highest BCUT2D eigenvalue weighted by Gasteiger charge is 2.39. The van der Waals surface area contributed by atoms with Gasteiger partial charge in [-0.1, -0.05) is 0 Å². The zero-order valence-corrected chi connectivity index (χ0v) is 15.7. The smallest absolute Gasteiger partial charge is 0.341 e. The molecule has 0 aliphatic carbocycles. The summed E-state index contributed by atoms with van der Waals surface area (Å²) in [5, 5.41) is 3.11. The summed E-state index contributed by atoms with van der Waals surface area (Å²) in [6.07, 6.45) is -2.74. The molecule has 3 rings (SSSR count). The van der Waals surface area contributed by atoms with E-state index in [1.54, 1.807) is 4.90 Å². The molecule has 1 aromatic carbocycles.